The summed E-state index contributed by atoms with van der Waals surface area (Å²) in [5.74, 6) is 0. The van der Waals surface area contributed by atoms with Crippen molar-refractivity contribution >= 4 is 23.1 Å². The summed E-state index contributed by atoms with van der Waals surface area (Å²) in [5, 5.41) is 6.14. The van der Waals surface area contributed by atoms with E-state index in [0.717, 1.165) is 38.2 Å². The smallest absolute Gasteiger partial charge is 0.321 e. The number of piperidine rings is 1. The Balaban J connectivity index is 1.28. The van der Waals surface area contributed by atoms with Crippen molar-refractivity contribution in [3.05, 3.63) is 41.1 Å². The van der Waals surface area contributed by atoms with Gasteiger partial charge in [0.15, 0.2) is 0 Å². The van der Waals surface area contributed by atoms with Crippen LogP contribution in [0.4, 0.5) is 10.5 Å². The van der Waals surface area contributed by atoms with Crippen molar-refractivity contribution in [1.82, 2.24) is 19.8 Å². The van der Waals surface area contributed by atoms with E-state index in [-0.39, 0.29) is 6.03 Å². The van der Waals surface area contributed by atoms with E-state index in [1.54, 1.807) is 23.7 Å². The van der Waals surface area contributed by atoms with Gasteiger partial charge in [0.1, 0.15) is 5.01 Å². The van der Waals surface area contributed by atoms with Crippen LogP contribution in [-0.2, 0) is 6.54 Å². The van der Waals surface area contributed by atoms with Gasteiger partial charge in [-0.3, -0.25) is 9.88 Å². The average molecular weight is 357 g/mol. The van der Waals surface area contributed by atoms with Gasteiger partial charge in [0.25, 0.3) is 0 Å². The molecular formula is C18H23N5OS. The molecule has 0 bridgehead atoms. The van der Waals surface area contributed by atoms with Crippen LogP contribution >= 0.6 is 11.3 Å². The SMILES string of the molecule is CN(Cc1nccs1)[C@H]1CC12CCN(C(=O)Nc1cccnc1)CC2. The molecule has 1 saturated heterocycles. The van der Waals surface area contributed by atoms with Crippen LogP contribution in [0.2, 0.25) is 0 Å². The van der Waals surface area contributed by atoms with Crippen molar-refractivity contribution in [2.24, 2.45) is 5.41 Å². The van der Waals surface area contributed by atoms with E-state index >= 15 is 0 Å². The van der Waals surface area contributed by atoms with E-state index in [9.17, 15) is 4.79 Å². The molecule has 7 heteroatoms. The van der Waals surface area contributed by atoms with Crippen LogP contribution in [0, 0.1) is 5.41 Å². The van der Waals surface area contributed by atoms with Crippen LogP contribution in [0.3, 0.4) is 0 Å². The van der Waals surface area contributed by atoms with Gasteiger partial charge in [-0.25, -0.2) is 9.78 Å². The number of nitrogens with one attached hydrogen (secondary N) is 1. The number of urea groups is 1. The Bertz CT molecular complexity index is 712. The first-order valence-electron chi connectivity index (χ1n) is 8.71. The Morgan fingerprint density at radius 3 is 2.96 bits per heavy atom. The molecule has 1 aliphatic heterocycles. The van der Waals surface area contributed by atoms with Gasteiger partial charge in [0.05, 0.1) is 18.4 Å². The molecule has 132 valence electrons. The van der Waals surface area contributed by atoms with Gasteiger partial charge in [0.2, 0.25) is 0 Å². The van der Waals surface area contributed by atoms with Gasteiger partial charge in [-0.05, 0) is 43.9 Å². The number of likely N-dealkylation sites (tertiary alicyclic amines) is 1. The summed E-state index contributed by atoms with van der Waals surface area (Å²) in [5.41, 5.74) is 1.15. The third-order valence-corrected chi connectivity index (χ3v) is 6.27. The summed E-state index contributed by atoms with van der Waals surface area (Å²) in [6, 6.07) is 4.30. The highest BCUT2D eigenvalue weighted by molar-refractivity contribution is 7.09. The highest BCUT2D eigenvalue weighted by Gasteiger charge is 2.56. The van der Waals surface area contributed by atoms with Gasteiger partial charge < -0.3 is 10.2 Å². The van der Waals surface area contributed by atoms with Crippen LogP contribution in [0.5, 0.6) is 0 Å². The van der Waals surface area contributed by atoms with E-state index in [4.69, 9.17) is 0 Å². The monoisotopic (exact) mass is 357 g/mol. The first kappa shape index (κ1) is 16.5. The molecule has 1 saturated carbocycles. The fraction of sp³-hybridized carbons (Fsp3) is 0.500. The first-order valence-corrected chi connectivity index (χ1v) is 9.59. The third-order valence-electron chi connectivity index (χ3n) is 5.51. The number of nitrogens with zero attached hydrogens (tertiary/aromatic N) is 4. The molecule has 1 N–H and O–H groups in total. The van der Waals surface area contributed by atoms with Gasteiger partial charge in [-0.1, -0.05) is 0 Å². The van der Waals surface area contributed by atoms with Crippen LogP contribution in [-0.4, -0.2) is 52.0 Å². The predicted octanol–water partition coefficient (Wildman–Crippen LogP) is 3.06. The van der Waals surface area contributed by atoms with Crippen molar-refractivity contribution in [3.8, 4) is 0 Å². The zero-order valence-electron chi connectivity index (χ0n) is 14.4. The normalized spacial score (nSPS) is 21.5. The minimum atomic E-state index is -0.0174. The molecular weight excluding hydrogens is 334 g/mol. The molecule has 0 radical (unpaired) electrons. The fourth-order valence-electron chi connectivity index (χ4n) is 3.94. The number of pyridine rings is 1. The minimum Gasteiger partial charge on any atom is -0.324 e. The molecule has 0 aromatic carbocycles. The second kappa shape index (κ2) is 6.72. The first-order chi connectivity index (χ1) is 12.2. The summed E-state index contributed by atoms with van der Waals surface area (Å²) in [4.78, 5) is 25.2. The predicted molar refractivity (Wildman–Crippen MR) is 98.5 cm³/mol. The van der Waals surface area contributed by atoms with E-state index in [1.807, 2.05) is 28.6 Å². The topological polar surface area (TPSA) is 61.4 Å². The molecule has 2 amide bonds. The number of thiazole rings is 1. The van der Waals surface area contributed by atoms with Crippen molar-refractivity contribution in [1.29, 1.82) is 0 Å². The van der Waals surface area contributed by atoms with Crippen LogP contribution in [0.15, 0.2) is 36.1 Å². The highest BCUT2D eigenvalue weighted by Crippen LogP contribution is 2.56. The molecule has 2 fully saturated rings. The van der Waals surface area contributed by atoms with Crippen molar-refractivity contribution in [3.63, 3.8) is 0 Å². The summed E-state index contributed by atoms with van der Waals surface area (Å²) in [7, 11) is 2.20. The van der Waals surface area contributed by atoms with E-state index < -0.39 is 0 Å². The lowest BCUT2D eigenvalue weighted by Crippen LogP contribution is -2.43. The van der Waals surface area contributed by atoms with Crippen molar-refractivity contribution < 1.29 is 4.79 Å². The number of carbonyl (C=O) groups excluding carboxylic acids is 1. The van der Waals surface area contributed by atoms with E-state index in [2.05, 4.69) is 27.2 Å². The number of amides is 2. The van der Waals surface area contributed by atoms with E-state index in [0.29, 0.717) is 11.5 Å². The van der Waals surface area contributed by atoms with Gasteiger partial charge >= 0.3 is 6.03 Å². The quantitative estimate of drug-likeness (QED) is 0.914. The largest absolute Gasteiger partial charge is 0.324 e. The van der Waals surface area contributed by atoms with Gasteiger partial charge in [-0.15, -0.1) is 11.3 Å². The zero-order chi connectivity index (χ0) is 17.3. The molecule has 1 spiro atoms. The highest BCUT2D eigenvalue weighted by atomic mass is 32.1. The lowest BCUT2D eigenvalue weighted by Gasteiger charge is -2.34. The minimum absolute atomic E-state index is 0.0174. The van der Waals surface area contributed by atoms with E-state index in [1.165, 1.54) is 11.4 Å². The third kappa shape index (κ3) is 3.52. The summed E-state index contributed by atoms with van der Waals surface area (Å²) < 4.78 is 0. The molecule has 6 nitrogen and oxygen atoms in total. The summed E-state index contributed by atoms with van der Waals surface area (Å²) in [6.07, 6.45) is 8.66. The summed E-state index contributed by atoms with van der Waals surface area (Å²) >= 11 is 1.72. The van der Waals surface area contributed by atoms with Crippen LogP contribution in [0.1, 0.15) is 24.3 Å². The maximum absolute atomic E-state index is 12.4. The van der Waals surface area contributed by atoms with Gasteiger partial charge in [-0.2, -0.15) is 0 Å². The molecule has 2 aliphatic rings. The number of carbonyl (C=O) groups is 1. The molecule has 4 rings (SSSR count). The number of hydrogen-bond donors (Lipinski definition) is 1. The number of anilines is 1. The lowest BCUT2D eigenvalue weighted by atomic mass is 9.92. The Morgan fingerprint density at radius 1 is 1.44 bits per heavy atom. The Kier molecular flexibility index (Phi) is 4.43. The van der Waals surface area contributed by atoms with Crippen LogP contribution in [0.25, 0.3) is 0 Å². The molecule has 2 aromatic heterocycles. The second-order valence-electron chi connectivity index (χ2n) is 7.08. The standard InChI is InChI=1S/C18H23N5OS/c1-22(13-16-20-7-10-25-16)15-11-18(15)4-8-23(9-5-18)17(24)21-14-3-2-6-19-12-14/h2-3,6-7,10,12,15H,4-5,8-9,11,13H2,1H3,(H,21,24)/t15-/m0/s1. The maximum atomic E-state index is 12.4. The van der Waals surface area contributed by atoms with Gasteiger partial charge in [0, 0.05) is 36.9 Å². The molecule has 3 heterocycles. The Morgan fingerprint density at radius 2 is 2.28 bits per heavy atom. The number of rotatable bonds is 4. The Labute approximate surface area is 151 Å². The number of aromatic nitrogens is 2. The molecule has 25 heavy (non-hydrogen) atoms. The van der Waals surface area contributed by atoms with Crippen molar-refractivity contribution in [2.45, 2.75) is 31.8 Å². The lowest BCUT2D eigenvalue weighted by molar-refractivity contribution is 0.157. The summed E-state index contributed by atoms with van der Waals surface area (Å²) in [6.45, 7) is 2.58. The Hall–Kier alpha value is -1.99. The molecule has 2 aromatic rings. The molecule has 0 unspecified atom stereocenters. The zero-order valence-corrected chi connectivity index (χ0v) is 15.2. The van der Waals surface area contributed by atoms with Crippen LogP contribution < -0.4 is 5.32 Å². The number of hydrogen-bond acceptors (Lipinski definition) is 5. The molecule has 1 atom stereocenters. The fourth-order valence-corrected chi connectivity index (χ4v) is 4.61. The second-order valence-corrected chi connectivity index (χ2v) is 8.06. The molecule has 1 aliphatic carbocycles. The van der Waals surface area contributed by atoms with Crippen molar-refractivity contribution in [2.75, 3.05) is 25.5 Å². The maximum Gasteiger partial charge on any atom is 0.321 e. The average Bonchev–Trinajstić information content (AvgIpc) is 3.08.